The van der Waals surface area contributed by atoms with Crippen LogP contribution in [0.25, 0.3) is 0 Å². The largest absolute Gasteiger partial charge is 0.369 e. The molecule has 0 atom stereocenters. The number of fused-ring (bicyclic) bond motifs is 1. The van der Waals surface area contributed by atoms with Crippen LogP contribution >= 0.6 is 11.8 Å². The maximum atomic E-state index is 11.4. The molecular formula is C17H20N6OS. The van der Waals surface area contributed by atoms with E-state index in [2.05, 4.69) is 49.6 Å². The lowest BCUT2D eigenvalue weighted by Gasteiger charge is -2.34. The molecule has 2 aliphatic rings. The third kappa shape index (κ3) is 3.69. The summed E-state index contributed by atoms with van der Waals surface area (Å²) in [6.07, 6.45) is 1.65. The fraction of sp³-hybridized carbons (Fsp3) is 0.353. The highest BCUT2D eigenvalue weighted by molar-refractivity contribution is 8.00. The van der Waals surface area contributed by atoms with Crippen molar-refractivity contribution < 1.29 is 4.79 Å². The average Bonchev–Trinajstić information content (AvgIpc) is 2.63. The summed E-state index contributed by atoms with van der Waals surface area (Å²) in [4.78, 5) is 24.9. The van der Waals surface area contributed by atoms with E-state index >= 15 is 0 Å². The molecule has 0 bridgehead atoms. The van der Waals surface area contributed by atoms with Gasteiger partial charge in [0.1, 0.15) is 5.03 Å². The highest BCUT2D eigenvalue weighted by Crippen LogP contribution is 2.30. The molecule has 2 aromatic rings. The molecule has 0 spiro atoms. The number of carbonyl (C=O) groups is 1. The number of piperazine rings is 1. The van der Waals surface area contributed by atoms with Crippen molar-refractivity contribution in [3.05, 3.63) is 30.5 Å². The van der Waals surface area contributed by atoms with Crippen LogP contribution in [-0.4, -0.2) is 59.8 Å². The number of aromatic nitrogens is 2. The standard InChI is InChI=1S/C17H20N6OS/c1-22-6-8-23(9-7-22)13-4-2-12(3-5-13)19-17-18-10-14-16(21-17)25-11-15(24)20-14/h2-5,10H,6-9,11H2,1H3,(H,20,24)(H,18,19,21). The van der Waals surface area contributed by atoms with E-state index in [0.29, 0.717) is 17.4 Å². The van der Waals surface area contributed by atoms with Crippen molar-refractivity contribution in [1.29, 1.82) is 0 Å². The number of hydrogen-bond acceptors (Lipinski definition) is 7. The van der Waals surface area contributed by atoms with E-state index in [0.717, 1.165) is 36.9 Å². The first kappa shape index (κ1) is 16.2. The van der Waals surface area contributed by atoms with E-state index in [1.165, 1.54) is 17.4 Å². The number of thioether (sulfide) groups is 1. The number of amides is 1. The zero-order chi connectivity index (χ0) is 17.2. The number of carbonyl (C=O) groups excluding carboxylic acids is 1. The summed E-state index contributed by atoms with van der Waals surface area (Å²) in [6, 6.07) is 8.35. The van der Waals surface area contributed by atoms with E-state index in [-0.39, 0.29) is 5.91 Å². The van der Waals surface area contributed by atoms with Gasteiger partial charge in [0.2, 0.25) is 11.9 Å². The Morgan fingerprint density at radius 3 is 2.68 bits per heavy atom. The second-order valence-electron chi connectivity index (χ2n) is 6.21. The van der Waals surface area contributed by atoms with Gasteiger partial charge in [-0.25, -0.2) is 9.97 Å². The van der Waals surface area contributed by atoms with E-state index in [4.69, 9.17) is 0 Å². The predicted molar refractivity (Wildman–Crippen MR) is 101 cm³/mol. The minimum absolute atomic E-state index is 0.0127. The molecule has 3 heterocycles. The number of nitrogens with one attached hydrogen (secondary N) is 2. The van der Waals surface area contributed by atoms with Crippen molar-refractivity contribution in [3.63, 3.8) is 0 Å². The fourth-order valence-electron chi connectivity index (χ4n) is 2.89. The Kier molecular flexibility index (Phi) is 4.46. The van der Waals surface area contributed by atoms with Gasteiger partial charge < -0.3 is 20.4 Å². The quantitative estimate of drug-likeness (QED) is 0.815. The van der Waals surface area contributed by atoms with Crippen molar-refractivity contribution in [3.8, 4) is 0 Å². The maximum absolute atomic E-state index is 11.4. The Morgan fingerprint density at radius 1 is 1.16 bits per heavy atom. The van der Waals surface area contributed by atoms with Gasteiger partial charge in [0.05, 0.1) is 17.6 Å². The van der Waals surface area contributed by atoms with E-state index in [1.54, 1.807) is 6.20 Å². The Labute approximate surface area is 150 Å². The van der Waals surface area contributed by atoms with Gasteiger partial charge in [-0.2, -0.15) is 0 Å². The Bertz CT molecular complexity index is 773. The summed E-state index contributed by atoms with van der Waals surface area (Å²) in [5.41, 5.74) is 2.86. The second-order valence-corrected chi connectivity index (χ2v) is 7.18. The van der Waals surface area contributed by atoms with Gasteiger partial charge in [-0.05, 0) is 31.3 Å². The number of benzene rings is 1. The van der Waals surface area contributed by atoms with Gasteiger partial charge >= 0.3 is 0 Å². The van der Waals surface area contributed by atoms with Crippen LogP contribution in [0.5, 0.6) is 0 Å². The predicted octanol–water partition coefficient (Wildman–Crippen LogP) is 2.02. The maximum Gasteiger partial charge on any atom is 0.234 e. The monoisotopic (exact) mass is 356 g/mol. The first-order valence-electron chi connectivity index (χ1n) is 8.28. The third-order valence-corrected chi connectivity index (χ3v) is 5.35. The van der Waals surface area contributed by atoms with Crippen molar-refractivity contribution in [1.82, 2.24) is 14.9 Å². The van der Waals surface area contributed by atoms with Gasteiger partial charge in [-0.3, -0.25) is 4.79 Å². The van der Waals surface area contributed by atoms with Gasteiger partial charge in [0.15, 0.2) is 0 Å². The molecule has 1 aromatic heterocycles. The summed E-state index contributed by atoms with van der Waals surface area (Å²) in [7, 11) is 2.16. The molecular weight excluding hydrogens is 336 g/mol. The number of rotatable bonds is 3. The zero-order valence-electron chi connectivity index (χ0n) is 14.0. The molecule has 25 heavy (non-hydrogen) atoms. The molecule has 2 N–H and O–H groups in total. The van der Waals surface area contributed by atoms with E-state index in [9.17, 15) is 4.79 Å². The van der Waals surface area contributed by atoms with Crippen LogP contribution in [0.1, 0.15) is 0 Å². The zero-order valence-corrected chi connectivity index (χ0v) is 14.8. The van der Waals surface area contributed by atoms with Crippen LogP contribution in [0.3, 0.4) is 0 Å². The number of anilines is 4. The minimum Gasteiger partial charge on any atom is -0.369 e. The molecule has 0 radical (unpaired) electrons. The minimum atomic E-state index is -0.0127. The summed E-state index contributed by atoms with van der Waals surface area (Å²) in [6.45, 7) is 4.30. The van der Waals surface area contributed by atoms with E-state index < -0.39 is 0 Å². The normalized spacial score (nSPS) is 17.8. The number of hydrogen-bond donors (Lipinski definition) is 2. The van der Waals surface area contributed by atoms with Crippen LogP contribution in [0.2, 0.25) is 0 Å². The lowest BCUT2D eigenvalue weighted by Crippen LogP contribution is -2.44. The number of likely N-dealkylation sites (N-methyl/N-ethyl adjacent to an activating group) is 1. The highest BCUT2D eigenvalue weighted by Gasteiger charge is 2.18. The molecule has 1 fully saturated rings. The fourth-order valence-corrected chi connectivity index (χ4v) is 3.64. The molecule has 4 rings (SSSR count). The summed E-state index contributed by atoms with van der Waals surface area (Å²) in [5, 5.41) is 6.80. The van der Waals surface area contributed by atoms with E-state index in [1.807, 2.05) is 12.1 Å². The average molecular weight is 356 g/mol. The molecule has 0 unspecified atom stereocenters. The van der Waals surface area contributed by atoms with Gasteiger partial charge in [0.25, 0.3) is 0 Å². The first-order chi connectivity index (χ1) is 12.2. The van der Waals surface area contributed by atoms with Crippen LogP contribution < -0.4 is 15.5 Å². The second kappa shape index (κ2) is 6.89. The lowest BCUT2D eigenvalue weighted by atomic mass is 10.2. The Hall–Kier alpha value is -2.32. The summed E-state index contributed by atoms with van der Waals surface area (Å²) < 4.78 is 0. The lowest BCUT2D eigenvalue weighted by molar-refractivity contribution is -0.113. The van der Waals surface area contributed by atoms with Gasteiger partial charge in [-0.15, -0.1) is 0 Å². The number of nitrogens with zero attached hydrogens (tertiary/aromatic N) is 4. The Morgan fingerprint density at radius 2 is 1.92 bits per heavy atom. The molecule has 1 aromatic carbocycles. The molecule has 1 saturated heterocycles. The first-order valence-corrected chi connectivity index (χ1v) is 9.26. The summed E-state index contributed by atoms with van der Waals surface area (Å²) >= 11 is 1.43. The van der Waals surface area contributed by atoms with Gasteiger partial charge in [-0.1, -0.05) is 11.8 Å². The third-order valence-electron chi connectivity index (χ3n) is 4.36. The smallest absolute Gasteiger partial charge is 0.234 e. The topological polar surface area (TPSA) is 73.4 Å². The Balaban J connectivity index is 1.44. The van der Waals surface area contributed by atoms with Gasteiger partial charge in [0, 0.05) is 37.6 Å². The summed E-state index contributed by atoms with van der Waals surface area (Å²) in [5.74, 6) is 0.916. The van der Waals surface area contributed by atoms with Crippen LogP contribution in [0.4, 0.5) is 23.0 Å². The van der Waals surface area contributed by atoms with Crippen molar-refractivity contribution in [2.45, 2.75) is 5.03 Å². The molecule has 0 aliphatic carbocycles. The SMILES string of the molecule is CN1CCN(c2ccc(Nc3ncc4c(n3)SCC(=O)N4)cc2)CC1. The van der Waals surface area contributed by atoms with Crippen molar-refractivity contribution >= 4 is 40.7 Å². The van der Waals surface area contributed by atoms with Crippen molar-refractivity contribution in [2.24, 2.45) is 0 Å². The van der Waals surface area contributed by atoms with Crippen molar-refractivity contribution in [2.75, 3.05) is 54.5 Å². The van der Waals surface area contributed by atoms with Crippen LogP contribution in [0.15, 0.2) is 35.5 Å². The molecule has 7 nitrogen and oxygen atoms in total. The van der Waals surface area contributed by atoms with Crippen LogP contribution in [-0.2, 0) is 4.79 Å². The molecule has 8 heteroatoms. The highest BCUT2D eigenvalue weighted by atomic mass is 32.2. The molecule has 1 amide bonds. The van der Waals surface area contributed by atoms with Crippen LogP contribution in [0, 0.1) is 0 Å². The molecule has 2 aliphatic heterocycles. The molecule has 0 saturated carbocycles. The molecule has 130 valence electrons.